The van der Waals surface area contributed by atoms with Gasteiger partial charge in [0.2, 0.25) is 5.95 Å². The van der Waals surface area contributed by atoms with E-state index in [0.717, 1.165) is 30.0 Å². The molecule has 0 atom stereocenters. The number of hydrogen-bond donors (Lipinski definition) is 3. The van der Waals surface area contributed by atoms with Gasteiger partial charge in [-0.15, -0.1) is 0 Å². The van der Waals surface area contributed by atoms with E-state index in [9.17, 15) is 0 Å². The number of nitrogen functional groups attached to an aromatic ring is 2. The molecule has 0 spiro atoms. The third-order valence-electron chi connectivity index (χ3n) is 3.92. The molecule has 0 radical (unpaired) electrons. The van der Waals surface area contributed by atoms with E-state index >= 15 is 0 Å². The van der Waals surface area contributed by atoms with Crippen molar-refractivity contribution in [2.24, 2.45) is 0 Å². The average molecular weight is 319 g/mol. The lowest BCUT2D eigenvalue weighted by molar-refractivity contribution is 0.446. The molecule has 2 heterocycles. The summed E-state index contributed by atoms with van der Waals surface area (Å²) in [6.07, 6.45) is 0.652. The van der Waals surface area contributed by atoms with E-state index in [-0.39, 0.29) is 5.95 Å². The third-order valence-corrected chi connectivity index (χ3v) is 4.17. The second kappa shape index (κ2) is 5.98. The number of nitrogens with two attached hydrogens (primary N) is 2. The number of rotatable bonds is 4. The van der Waals surface area contributed by atoms with Crippen LogP contribution in [0.3, 0.4) is 0 Å². The van der Waals surface area contributed by atoms with Crippen LogP contribution in [0.1, 0.15) is 11.1 Å². The van der Waals surface area contributed by atoms with Crippen molar-refractivity contribution in [1.82, 2.24) is 15.3 Å². The smallest absolute Gasteiger partial charge is 0.223 e. The van der Waals surface area contributed by atoms with Gasteiger partial charge >= 0.3 is 0 Å². The van der Waals surface area contributed by atoms with Gasteiger partial charge in [-0.2, -0.15) is 9.97 Å². The molecule has 1 aliphatic rings. The minimum absolute atomic E-state index is 0.209. The Kier molecular flexibility index (Phi) is 4.04. The molecule has 0 bridgehead atoms. The van der Waals surface area contributed by atoms with Crippen LogP contribution in [0.2, 0.25) is 5.02 Å². The fourth-order valence-electron chi connectivity index (χ4n) is 2.58. The largest absolute Gasteiger partial charge is 0.383 e. The summed E-state index contributed by atoms with van der Waals surface area (Å²) in [6, 6.07) is 8.17. The zero-order valence-corrected chi connectivity index (χ0v) is 13.1. The average Bonchev–Trinajstić information content (AvgIpc) is 2.43. The van der Waals surface area contributed by atoms with Gasteiger partial charge in [0.15, 0.2) is 0 Å². The second-order valence-electron chi connectivity index (χ2n) is 5.46. The Hall–Kier alpha value is -2.05. The predicted molar refractivity (Wildman–Crippen MR) is 90.2 cm³/mol. The molecule has 1 fully saturated rings. The number of nitrogens with one attached hydrogen (secondary N) is 1. The number of nitrogens with zero attached hydrogens (tertiary/aromatic N) is 3. The standard InChI is InChI=1S/C15H19ClN6/c1-19-11-7-22(8-11)14-12(13(17)20-15(18)21-14)6-9-2-4-10(16)5-3-9/h2-5,11,19H,6-8H2,1H3,(H4,17,18,20,21). The third kappa shape index (κ3) is 2.93. The lowest BCUT2D eigenvalue weighted by atomic mass is 10.0. The van der Waals surface area contributed by atoms with Crippen LogP contribution in [-0.4, -0.2) is 36.1 Å². The van der Waals surface area contributed by atoms with E-state index in [1.807, 2.05) is 31.3 Å². The van der Waals surface area contributed by atoms with Crippen LogP contribution in [0.25, 0.3) is 0 Å². The van der Waals surface area contributed by atoms with Gasteiger partial charge in [-0.3, -0.25) is 0 Å². The molecular weight excluding hydrogens is 300 g/mol. The van der Waals surface area contributed by atoms with Crippen molar-refractivity contribution < 1.29 is 0 Å². The highest BCUT2D eigenvalue weighted by atomic mass is 35.5. The van der Waals surface area contributed by atoms with Crippen molar-refractivity contribution in [3.8, 4) is 0 Å². The number of halogens is 1. The quantitative estimate of drug-likeness (QED) is 0.786. The fraction of sp³-hybridized carbons (Fsp3) is 0.333. The van der Waals surface area contributed by atoms with E-state index in [1.165, 1.54) is 0 Å². The molecule has 0 amide bonds. The van der Waals surface area contributed by atoms with Crippen LogP contribution in [0.15, 0.2) is 24.3 Å². The van der Waals surface area contributed by atoms with Crippen molar-refractivity contribution in [1.29, 1.82) is 0 Å². The molecule has 3 rings (SSSR count). The maximum atomic E-state index is 6.08. The minimum atomic E-state index is 0.209. The number of aromatic nitrogens is 2. The number of likely N-dealkylation sites (N-methyl/N-ethyl adjacent to an activating group) is 1. The van der Waals surface area contributed by atoms with Crippen LogP contribution in [-0.2, 0) is 6.42 Å². The number of hydrogen-bond acceptors (Lipinski definition) is 6. The van der Waals surface area contributed by atoms with Crippen molar-refractivity contribution >= 4 is 29.2 Å². The van der Waals surface area contributed by atoms with Gasteiger partial charge in [-0.1, -0.05) is 23.7 Å². The molecule has 2 aromatic rings. The summed E-state index contributed by atoms with van der Waals surface area (Å²) in [5, 5.41) is 3.96. The first kappa shape index (κ1) is 14.9. The van der Waals surface area contributed by atoms with Gasteiger partial charge in [0, 0.05) is 36.1 Å². The molecule has 5 N–H and O–H groups in total. The molecule has 1 aromatic heterocycles. The maximum Gasteiger partial charge on any atom is 0.223 e. The van der Waals surface area contributed by atoms with Gasteiger partial charge in [-0.25, -0.2) is 0 Å². The molecule has 0 unspecified atom stereocenters. The van der Waals surface area contributed by atoms with Crippen LogP contribution in [0.4, 0.5) is 17.6 Å². The highest BCUT2D eigenvalue weighted by Crippen LogP contribution is 2.29. The van der Waals surface area contributed by atoms with Crippen molar-refractivity contribution in [3.63, 3.8) is 0 Å². The number of anilines is 3. The Bertz CT molecular complexity index is 666. The Morgan fingerprint density at radius 2 is 1.91 bits per heavy atom. The predicted octanol–water partition coefficient (Wildman–Crippen LogP) is 1.29. The van der Waals surface area contributed by atoms with Crippen LogP contribution >= 0.6 is 11.6 Å². The van der Waals surface area contributed by atoms with Crippen molar-refractivity contribution in [2.75, 3.05) is 36.5 Å². The molecule has 0 saturated carbocycles. The van der Waals surface area contributed by atoms with Gasteiger partial charge < -0.3 is 21.7 Å². The Labute approximate surface area is 134 Å². The zero-order chi connectivity index (χ0) is 15.7. The molecule has 1 aromatic carbocycles. The monoisotopic (exact) mass is 318 g/mol. The maximum absolute atomic E-state index is 6.08. The Morgan fingerprint density at radius 1 is 1.23 bits per heavy atom. The molecule has 22 heavy (non-hydrogen) atoms. The molecule has 1 aliphatic heterocycles. The van der Waals surface area contributed by atoms with E-state index in [4.69, 9.17) is 23.1 Å². The molecule has 116 valence electrons. The fourth-order valence-corrected chi connectivity index (χ4v) is 2.70. The first-order valence-electron chi connectivity index (χ1n) is 7.15. The second-order valence-corrected chi connectivity index (χ2v) is 5.90. The zero-order valence-electron chi connectivity index (χ0n) is 12.4. The topological polar surface area (TPSA) is 93.1 Å². The van der Waals surface area contributed by atoms with Crippen molar-refractivity contribution in [2.45, 2.75) is 12.5 Å². The van der Waals surface area contributed by atoms with Gasteiger partial charge in [0.05, 0.1) is 0 Å². The summed E-state index contributed by atoms with van der Waals surface area (Å²) in [4.78, 5) is 10.7. The first-order chi connectivity index (χ1) is 10.6. The van der Waals surface area contributed by atoms with E-state index < -0.39 is 0 Å². The molecule has 0 aliphatic carbocycles. The number of benzene rings is 1. The first-order valence-corrected chi connectivity index (χ1v) is 7.53. The molecular formula is C15H19ClN6. The summed E-state index contributed by atoms with van der Waals surface area (Å²) in [7, 11) is 1.96. The molecule has 6 nitrogen and oxygen atoms in total. The van der Waals surface area contributed by atoms with Crippen LogP contribution in [0, 0.1) is 0 Å². The summed E-state index contributed by atoms with van der Waals surface area (Å²) < 4.78 is 0. The minimum Gasteiger partial charge on any atom is -0.383 e. The van der Waals surface area contributed by atoms with Crippen LogP contribution < -0.4 is 21.7 Å². The Balaban J connectivity index is 1.90. The van der Waals surface area contributed by atoms with Crippen LogP contribution in [0.5, 0.6) is 0 Å². The lowest BCUT2D eigenvalue weighted by Gasteiger charge is -2.41. The van der Waals surface area contributed by atoms with Crippen molar-refractivity contribution in [3.05, 3.63) is 40.4 Å². The normalized spacial score (nSPS) is 14.9. The van der Waals surface area contributed by atoms with E-state index in [2.05, 4.69) is 20.2 Å². The summed E-state index contributed by atoms with van der Waals surface area (Å²) in [6.45, 7) is 1.78. The lowest BCUT2D eigenvalue weighted by Crippen LogP contribution is -2.57. The summed E-state index contributed by atoms with van der Waals surface area (Å²) in [5.74, 6) is 1.47. The Morgan fingerprint density at radius 3 is 2.55 bits per heavy atom. The SMILES string of the molecule is CNC1CN(c2nc(N)nc(N)c2Cc2ccc(Cl)cc2)C1. The highest BCUT2D eigenvalue weighted by molar-refractivity contribution is 6.30. The van der Waals surface area contributed by atoms with E-state index in [0.29, 0.717) is 23.3 Å². The molecule has 7 heteroatoms. The highest BCUT2D eigenvalue weighted by Gasteiger charge is 2.29. The molecule has 1 saturated heterocycles. The van der Waals surface area contributed by atoms with Gasteiger partial charge in [-0.05, 0) is 24.7 Å². The summed E-state index contributed by atoms with van der Waals surface area (Å²) >= 11 is 5.93. The van der Waals surface area contributed by atoms with Gasteiger partial charge in [0.25, 0.3) is 0 Å². The summed E-state index contributed by atoms with van der Waals surface area (Å²) in [5.41, 5.74) is 13.9. The van der Waals surface area contributed by atoms with E-state index in [1.54, 1.807) is 0 Å². The van der Waals surface area contributed by atoms with Gasteiger partial charge in [0.1, 0.15) is 11.6 Å².